The first-order valence-electron chi connectivity index (χ1n) is 5.66. The number of ether oxygens (including phenoxy) is 1. The quantitative estimate of drug-likeness (QED) is 0.845. The SMILES string of the molecule is O=S(=O)(c1ccccc1CCCO)C1COC1. The van der Waals surface area contributed by atoms with Gasteiger partial charge in [-0.1, -0.05) is 18.2 Å². The number of sulfone groups is 1. The fourth-order valence-electron chi connectivity index (χ4n) is 1.83. The van der Waals surface area contributed by atoms with Crippen molar-refractivity contribution in [2.24, 2.45) is 0 Å². The summed E-state index contributed by atoms with van der Waals surface area (Å²) in [5.74, 6) is 0. The molecule has 0 amide bonds. The molecule has 1 aromatic carbocycles. The Morgan fingerprint density at radius 3 is 2.59 bits per heavy atom. The number of hydrogen-bond donors (Lipinski definition) is 1. The Hall–Kier alpha value is -0.910. The summed E-state index contributed by atoms with van der Waals surface area (Å²) in [5, 5.41) is 8.41. The second-order valence-electron chi connectivity index (χ2n) is 4.14. The fourth-order valence-corrected chi connectivity index (χ4v) is 3.54. The average Bonchev–Trinajstić information content (AvgIpc) is 2.23. The highest BCUT2D eigenvalue weighted by Crippen LogP contribution is 2.25. The lowest BCUT2D eigenvalue weighted by molar-refractivity contribution is 0.0416. The Labute approximate surface area is 101 Å². The summed E-state index contributed by atoms with van der Waals surface area (Å²) in [4.78, 5) is 0.391. The van der Waals surface area contributed by atoms with E-state index in [1.165, 1.54) is 0 Å². The molecular formula is C12H16O4S. The molecule has 2 rings (SSSR count). The highest BCUT2D eigenvalue weighted by atomic mass is 32.2. The normalized spacial score (nSPS) is 16.8. The molecule has 0 atom stereocenters. The first-order valence-corrected chi connectivity index (χ1v) is 7.21. The Bertz CT molecular complexity index is 477. The minimum atomic E-state index is -3.27. The lowest BCUT2D eigenvalue weighted by Crippen LogP contribution is -2.40. The molecule has 0 radical (unpaired) electrons. The van der Waals surface area contributed by atoms with E-state index in [0.717, 1.165) is 5.56 Å². The van der Waals surface area contributed by atoms with Gasteiger partial charge in [0.1, 0.15) is 5.25 Å². The number of benzene rings is 1. The largest absolute Gasteiger partial charge is 0.396 e. The van der Waals surface area contributed by atoms with E-state index >= 15 is 0 Å². The van der Waals surface area contributed by atoms with Crippen LogP contribution in [0.15, 0.2) is 29.2 Å². The first-order chi connectivity index (χ1) is 8.16. The highest BCUT2D eigenvalue weighted by molar-refractivity contribution is 7.92. The zero-order chi connectivity index (χ0) is 12.3. The van der Waals surface area contributed by atoms with Crippen LogP contribution in [-0.2, 0) is 21.0 Å². The molecule has 0 aliphatic carbocycles. The minimum absolute atomic E-state index is 0.0704. The van der Waals surface area contributed by atoms with Gasteiger partial charge in [-0.05, 0) is 24.5 Å². The van der Waals surface area contributed by atoms with E-state index in [2.05, 4.69) is 0 Å². The van der Waals surface area contributed by atoms with Gasteiger partial charge in [0.15, 0.2) is 9.84 Å². The van der Waals surface area contributed by atoms with Crippen LogP contribution in [-0.4, -0.2) is 38.6 Å². The molecule has 1 aliphatic rings. The van der Waals surface area contributed by atoms with Crippen LogP contribution in [0.3, 0.4) is 0 Å². The zero-order valence-corrected chi connectivity index (χ0v) is 10.3. The zero-order valence-electron chi connectivity index (χ0n) is 9.50. The number of aliphatic hydroxyl groups excluding tert-OH is 1. The summed E-state index contributed by atoms with van der Waals surface area (Å²) < 4.78 is 29.5. The second kappa shape index (κ2) is 5.16. The molecule has 0 aromatic heterocycles. The van der Waals surface area contributed by atoms with E-state index < -0.39 is 15.1 Å². The molecule has 94 valence electrons. The maximum absolute atomic E-state index is 12.3. The summed E-state index contributed by atoms with van der Waals surface area (Å²) in [6, 6.07) is 7.00. The van der Waals surface area contributed by atoms with Crippen molar-refractivity contribution in [1.29, 1.82) is 0 Å². The van der Waals surface area contributed by atoms with Gasteiger partial charge in [0.25, 0.3) is 0 Å². The number of hydrogen-bond acceptors (Lipinski definition) is 4. The van der Waals surface area contributed by atoms with Gasteiger partial charge >= 0.3 is 0 Å². The van der Waals surface area contributed by atoms with Gasteiger partial charge in [0.05, 0.1) is 18.1 Å². The summed E-state index contributed by atoms with van der Waals surface area (Å²) in [5.41, 5.74) is 0.786. The van der Waals surface area contributed by atoms with Crippen molar-refractivity contribution < 1.29 is 18.3 Å². The van der Waals surface area contributed by atoms with E-state index in [4.69, 9.17) is 9.84 Å². The molecule has 0 spiro atoms. The molecule has 1 heterocycles. The van der Waals surface area contributed by atoms with Crippen LogP contribution in [0, 0.1) is 0 Å². The van der Waals surface area contributed by atoms with Crippen LogP contribution in [0.1, 0.15) is 12.0 Å². The van der Waals surface area contributed by atoms with Crippen molar-refractivity contribution in [2.75, 3.05) is 19.8 Å². The van der Waals surface area contributed by atoms with Gasteiger partial charge in [0, 0.05) is 6.61 Å². The molecule has 1 N–H and O–H groups in total. The maximum Gasteiger partial charge on any atom is 0.186 e. The Balaban J connectivity index is 2.30. The molecule has 1 saturated heterocycles. The molecule has 5 heteroatoms. The van der Waals surface area contributed by atoms with Crippen LogP contribution in [0.25, 0.3) is 0 Å². The Morgan fingerprint density at radius 1 is 1.29 bits per heavy atom. The molecule has 0 saturated carbocycles. The minimum Gasteiger partial charge on any atom is -0.396 e. The fraction of sp³-hybridized carbons (Fsp3) is 0.500. The van der Waals surface area contributed by atoms with Crippen molar-refractivity contribution in [3.63, 3.8) is 0 Å². The second-order valence-corrected chi connectivity index (χ2v) is 6.34. The molecule has 0 unspecified atom stereocenters. The monoisotopic (exact) mass is 256 g/mol. The topological polar surface area (TPSA) is 63.6 Å². The van der Waals surface area contributed by atoms with Crippen LogP contribution in [0.2, 0.25) is 0 Å². The third-order valence-electron chi connectivity index (χ3n) is 2.93. The lowest BCUT2D eigenvalue weighted by Gasteiger charge is -2.26. The van der Waals surface area contributed by atoms with Crippen molar-refractivity contribution in [3.05, 3.63) is 29.8 Å². The van der Waals surface area contributed by atoms with Crippen molar-refractivity contribution in [1.82, 2.24) is 0 Å². The molecule has 17 heavy (non-hydrogen) atoms. The number of rotatable bonds is 5. The molecular weight excluding hydrogens is 240 g/mol. The third-order valence-corrected chi connectivity index (χ3v) is 5.09. The summed E-state index contributed by atoms with van der Waals surface area (Å²) >= 11 is 0. The third kappa shape index (κ3) is 2.51. The molecule has 1 aromatic rings. The standard InChI is InChI=1S/C12H16O4S/c13-7-3-5-10-4-1-2-6-12(10)17(14,15)11-8-16-9-11/h1-2,4,6,11,13H,3,5,7-9H2. The van der Waals surface area contributed by atoms with Crippen LogP contribution in [0.4, 0.5) is 0 Å². The van der Waals surface area contributed by atoms with E-state index in [1.54, 1.807) is 12.1 Å². The highest BCUT2D eigenvalue weighted by Gasteiger charge is 2.34. The summed E-state index contributed by atoms with van der Waals surface area (Å²) in [6.07, 6.45) is 1.16. The van der Waals surface area contributed by atoms with Gasteiger partial charge in [-0.15, -0.1) is 0 Å². The van der Waals surface area contributed by atoms with E-state index in [-0.39, 0.29) is 19.8 Å². The van der Waals surface area contributed by atoms with Crippen LogP contribution >= 0.6 is 0 Å². The van der Waals surface area contributed by atoms with Crippen molar-refractivity contribution in [3.8, 4) is 0 Å². The van der Waals surface area contributed by atoms with Gasteiger partial charge in [0.2, 0.25) is 0 Å². The van der Waals surface area contributed by atoms with Gasteiger partial charge in [-0.25, -0.2) is 8.42 Å². The van der Waals surface area contributed by atoms with Crippen molar-refractivity contribution >= 4 is 9.84 Å². The van der Waals surface area contributed by atoms with Gasteiger partial charge < -0.3 is 9.84 Å². The van der Waals surface area contributed by atoms with Crippen molar-refractivity contribution in [2.45, 2.75) is 23.0 Å². The predicted molar refractivity (Wildman–Crippen MR) is 63.6 cm³/mol. The van der Waals surface area contributed by atoms with E-state index in [9.17, 15) is 8.42 Å². The van der Waals surface area contributed by atoms with E-state index in [1.807, 2.05) is 12.1 Å². The number of aryl methyl sites for hydroxylation is 1. The Kier molecular flexibility index (Phi) is 3.81. The molecule has 1 fully saturated rings. The molecule has 4 nitrogen and oxygen atoms in total. The first kappa shape index (κ1) is 12.5. The Morgan fingerprint density at radius 2 is 2.00 bits per heavy atom. The number of aliphatic hydroxyl groups is 1. The van der Waals surface area contributed by atoms with Crippen LogP contribution < -0.4 is 0 Å². The van der Waals surface area contributed by atoms with Gasteiger partial charge in [-0.3, -0.25) is 0 Å². The summed E-state index contributed by atoms with van der Waals surface area (Å²) in [6.45, 7) is 0.647. The molecule has 1 aliphatic heterocycles. The average molecular weight is 256 g/mol. The molecule has 0 bridgehead atoms. The lowest BCUT2D eigenvalue weighted by atomic mass is 10.1. The van der Waals surface area contributed by atoms with E-state index in [0.29, 0.717) is 17.7 Å². The van der Waals surface area contributed by atoms with Crippen LogP contribution in [0.5, 0.6) is 0 Å². The maximum atomic E-state index is 12.3. The predicted octanol–water partition coefficient (Wildman–Crippen LogP) is 0.784. The summed E-state index contributed by atoms with van der Waals surface area (Å²) in [7, 11) is -3.27. The van der Waals surface area contributed by atoms with Gasteiger partial charge in [-0.2, -0.15) is 0 Å². The smallest absolute Gasteiger partial charge is 0.186 e.